The lowest BCUT2D eigenvalue weighted by molar-refractivity contribution is -0.130. The maximum absolute atomic E-state index is 11.9. The predicted molar refractivity (Wildman–Crippen MR) is 70.4 cm³/mol. The normalized spacial score (nSPS) is 18.1. The van der Waals surface area contributed by atoms with Crippen LogP contribution in [0.15, 0.2) is 18.2 Å². The molecule has 1 aliphatic rings. The minimum atomic E-state index is -0.309. The molecule has 0 bridgehead atoms. The Morgan fingerprint density at radius 2 is 2.26 bits per heavy atom. The highest BCUT2D eigenvalue weighted by molar-refractivity contribution is 5.81. The summed E-state index contributed by atoms with van der Waals surface area (Å²) in [6.45, 7) is 1.07. The van der Waals surface area contributed by atoms with Crippen LogP contribution in [0.25, 0.3) is 0 Å². The minimum absolute atomic E-state index is 0.0672. The first-order chi connectivity index (χ1) is 9.26. The molecule has 104 valence electrons. The fourth-order valence-corrected chi connectivity index (χ4v) is 2.17. The molecule has 1 N–H and O–H groups in total. The van der Waals surface area contributed by atoms with Crippen molar-refractivity contribution in [2.24, 2.45) is 0 Å². The summed E-state index contributed by atoms with van der Waals surface area (Å²) in [6, 6.07) is 5.59. The van der Waals surface area contributed by atoms with Crippen molar-refractivity contribution in [3.63, 3.8) is 0 Å². The van der Waals surface area contributed by atoms with Crippen molar-refractivity contribution in [1.29, 1.82) is 0 Å². The van der Waals surface area contributed by atoms with Crippen LogP contribution in [0.1, 0.15) is 18.4 Å². The molecule has 0 aromatic heterocycles. The monoisotopic (exact) mass is 265 g/mol. The molecule has 0 aliphatic carbocycles. The average Bonchev–Trinajstić information content (AvgIpc) is 2.98. The molecule has 1 aromatic rings. The molecule has 5 heteroatoms. The third-order valence-electron chi connectivity index (χ3n) is 3.16. The second kappa shape index (κ2) is 6.43. The number of rotatable bonds is 5. The highest BCUT2D eigenvalue weighted by Gasteiger charge is 2.23. The van der Waals surface area contributed by atoms with Crippen LogP contribution < -0.4 is 14.8 Å². The van der Waals surface area contributed by atoms with Gasteiger partial charge >= 0.3 is 0 Å². The molecule has 1 heterocycles. The lowest BCUT2D eigenvalue weighted by Gasteiger charge is -2.14. The van der Waals surface area contributed by atoms with Crippen molar-refractivity contribution >= 4 is 5.91 Å². The number of hydrogen-bond donors (Lipinski definition) is 1. The molecule has 1 atom stereocenters. The zero-order chi connectivity index (χ0) is 13.7. The molecule has 1 unspecified atom stereocenters. The number of hydrogen-bond acceptors (Lipinski definition) is 4. The van der Waals surface area contributed by atoms with Crippen molar-refractivity contribution in [1.82, 2.24) is 5.32 Å². The summed E-state index contributed by atoms with van der Waals surface area (Å²) < 4.78 is 15.9. The van der Waals surface area contributed by atoms with E-state index in [-0.39, 0.29) is 12.0 Å². The quantitative estimate of drug-likeness (QED) is 0.876. The summed E-state index contributed by atoms with van der Waals surface area (Å²) in [7, 11) is 3.18. The van der Waals surface area contributed by atoms with Gasteiger partial charge in [-0.05, 0) is 18.9 Å². The number of carbonyl (C=O) groups is 1. The van der Waals surface area contributed by atoms with Gasteiger partial charge in [0.05, 0.1) is 14.2 Å². The minimum Gasteiger partial charge on any atom is -0.493 e. The first-order valence-corrected chi connectivity index (χ1v) is 6.35. The molecule has 0 radical (unpaired) electrons. The van der Waals surface area contributed by atoms with Crippen LogP contribution in [-0.2, 0) is 16.1 Å². The molecule has 1 amide bonds. The Kier molecular flexibility index (Phi) is 4.63. The third-order valence-corrected chi connectivity index (χ3v) is 3.16. The van der Waals surface area contributed by atoms with Crippen molar-refractivity contribution in [2.75, 3.05) is 20.8 Å². The fraction of sp³-hybridized carbons (Fsp3) is 0.500. The Morgan fingerprint density at radius 1 is 1.42 bits per heavy atom. The molecular formula is C14H19NO4. The van der Waals surface area contributed by atoms with Crippen molar-refractivity contribution in [3.8, 4) is 11.5 Å². The van der Waals surface area contributed by atoms with E-state index in [1.165, 1.54) is 0 Å². The van der Waals surface area contributed by atoms with E-state index >= 15 is 0 Å². The number of carbonyl (C=O) groups excluding carboxylic acids is 1. The van der Waals surface area contributed by atoms with Gasteiger partial charge in [0, 0.05) is 18.7 Å². The summed E-state index contributed by atoms with van der Waals surface area (Å²) in [5.41, 5.74) is 0.883. The Balaban J connectivity index is 2.00. The highest BCUT2D eigenvalue weighted by Crippen LogP contribution is 2.30. The Labute approximate surface area is 112 Å². The van der Waals surface area contributed by atoms with Crippen molar-refractivity contribution in [3.05, 3.63) is 23.8 Å². The predicted octanol–water partition coefficient (Wildman–Crippen LogP) is 1.50. The SMILES string of the molecule is COc1cccc(CNC(=O)C2CCCO2)c1OC. The molecule has 0 spiro atoms. The van der Waals surface area contributed by atoms with E-state index in [2.05, 4.69) is 5.32 Å². The molecular weight excluding hydrogens is 246 g/mol. The summed E-state index contributed by atoms with van der Waals surface area (Å²) >= 11 is 0. The number of para-hydroxylation sites is 1. The molecule has 19 heavy (non-hydrogen) atoms. The number of amides is 1. The van der Waals surface area contributed by atoms with Gasteiger partial charge in [-0.2, -0.15) is 0 Å². The van der Waals surface area contributed by atoms with Crippen LogP contribution in [-0.4, -0.2) is 32.8 Å². The van der Waals surface area contributed by atoms with E-state index in [1.54, 1.807) is 14.2 Å². The van der Waals surface area contributed by atoms with E-state index in [1.807, 2.05) is 18.2 Å². The number of ether oxygens (including phenoxy) is 3. The number of methoxy groups -OCH3 is 2. The van der Waals surface area contributed by atoms with E-state index in [9.17, 15) is 4.79 Å². The van der Waals surface area contributed by atoms with E-state index in [0.717, 1.165) is 18.4 Å². The zero-order valence-corrected chi connectivity index (χ0v) is 11.3. The van der Waals surface area contributed by atoms with Gasteiger partial charge in [0.25, 0.3) is 0 Å². The van der Waals surface area contributed by atoms with Gasteiger partial charge in [-0.3, -0.25) is 4.79 Å². The molecule has 2 rings (SSSR count). The van der Waals surface area contributed by atoms with Crippen LogP contribution in [0.2, 0.25) is 0 Å². The molecule has 1 fully saturated rings. The topological polar surface area (TPSA) is 56.8 Å². The van der Waals surface area contributed by atoms with Crippen LogP contribution >= 0.6 is 0 Å². The standard InChI is InChI=1S/C14H19NO4/c1-17-11-6-3-5-10(13(11)18-2)9-15-14(16)12-7-4-8-19-12/h3,5-6,12H,4,7-9H2,1-2H3,(H,15,16). The molecule has 1 aromatic carbocycles. The summed E-state index contributed by atoms with van der Waals surface area (Å²) in [5, 5.41) is 2.87. The van der Waals surface area contributed by atoms with Gasteiger partial charge in [0.2, 0.25) is 5.91 Å². The molecule has 1 aliphatic heterocycles. The second-order valence-corrected chi connectivity index (χ2v) is 4.37. The summed E-state index contributed by atoms with van der Waals surface area (Å²) in [4.78, 5) is 11.9. The first-order valence-electron chi connectivity index (χ1n) is 6.35. The smallest absolute Gasteiger partial charge is 0.249 e. The summed E-state index contributed by atoms with van der Waals surface area (Å²) in [5.74, 6) is 1.24. The van der Waals surface area contributed by atoms with E-state index < -0.39 is 0 Å². The van der Waals surface area contributed by atoms with Gasteiger partial charge in [-0.1, -0.05) is 12.1 Å². The van der Waals surface area contributed by atoms with Crippen molar-refractivity contribution < 1.29 is 19.0 Å². The fourth-order valence-electron chi connectivity index (χ4n) is 2.17. The second-order valence-electron chi connectivity index (χ2n) is 4.37. The Bertz CT molecular complexity index is 441. The van der Waals surface area contributed by atoms with Crippen LogP contribution in [0.3, 0.4) is 0 Å². The van der Waals surface area contributed by atoms with Crippen LogP contribution in [0.4, 0.5) is 0 Å². The largest absolute Gasteiger partial charge is 0.493 e. The van der Waals surface area contributed by atoms with Gasteiger partial charge in [0.1, 0.15) is 6.10 Å². The van der Waals surface area contributed by atoms with Crippen LogP contribution in [0, 0.1) is 0 Å². The molecule has 5 nitrogen and oxygen atoms in total. The molecule has 1 saturated heterocycles. The maximum atomic E-state index is 11.9. The summed E-state index contributed by atoms with van der Waals surface area (Å²) in [6.07, 6.45) is 1.43. The van der Waals surface area contributed by atoms with Crippen molar-refractivity contribution in [2.45, 2.75) is 25.5 Å². The maximum Gasteiger partial charge on any atom is 0.249 e. The lowest BCUT2D eigenvalue weighted by atomic mass is 10.1. The third kappa shape index (κ3) is 3.17. The Hall–Kier alpha value is -1.75. The van der Waals surface area contributed by atoms with Gasteiger partial charge in [-0.25, -0.2) is 0 Å². The van der Waals surface area contributed by atoms with E-state index in [4.69, 9.17) is 14.2 Å². The number of benzene rings is 1. The molecule has 0 saturated carbocycles. The Morgan fingerprint density at radius 3 is 2.89 bits per heavy atom. The highest BCUT2D eigenvalue weighted by atomic mass is 16.5. The number of nitrogens with one attached hydrogen (secondary N) is 1. The van der Waals surface area contributed by atoms with Gasteiger partial charge < -0.3 is 19.5 Å². The van der Waals surface area contributed by atoms with Gasteiger partial charge in [0.15, 0.2) is 11.5 Å². The first kappa shape index (κ1) is 13.7. The average molecular weight is 265 g/mol. The van der Waals surface area contributed by atoms with Gasteiger partial charge in [-0.15, -0.1) is 0 Å². The zero-order valence-electron chi connectivity index (χ0n) is 11.3. The van der Waals surface area contributed by atoms with E-state index in [0.29, 0.717) is 24.7 Å². The lowest BCUT2D eigenvalue weighted by Crippen LogP contribution is -2.33. The van der Waals surface area contributed by atoms with Crippen LogP contribution in [0.5, 0.6) is 11.5 Å².